The van der Waals surface area contributed by atoms with Crippen molar-refractivity contribution in [3.05, 3.63) is 16.4 Å². The summed E-state index contributed by atoms with van der Waals surface area (Å²) in [7, 11) is 2.15. The van der Waals surface area contributed by atoms with Crippen LogP contribution in [0.15, 0.2) is 0 Å². The van der Waals surface area contributed by atoms with Crippen LogP contribution in [0.2, 0.25) is 5.02 Å². The maximum atomic E-state index is 6.19. The fourth-order valence-electron chi connectivity index (χ4n) is 2.68. The highest BCUT2D eigenvalue weighted by Crippen LogP contribution is 2.20. The Balaban J connectivity index is 1.82. The van der Waals surface area contributed by atoms with Crippen LogP contribution in [0.3, 0.4) is 0 Å². The van der Waals surface area contributed by atoms with Gasteiger partial charge in [0.1, 0.15) is 0 Å². The van der Waals surface area contributed by atoms with Crippen molar-refractivity contribution < 1.29 is 0 Å². The molecule has 0 amide bonds. The number of rotatable bonds is 5. The average Bonchev–Trinajstić information content (AvgIpc) is 2.91. The van der Waals surface area contributed by atoms with Crippen molar-refractivity contribution in [3.63, 3.8) is 0 Å². The third-order valence-corrected chi connectivity index (χ3v) is 4.25. The number of halogens is 1. The van der Waals surface area contributed by atoms with Gasteiger partial charge in [-0.3, -0.25) is 5.10 Å². The first-order valence-corrected chi connectivity index (χ1v) is 7.08. The van der Waals surface area contributed by atoms with Crippen LogP contribution in [0.25, 0.3) is 0 Å². The van der Waals surface area contributed by atoms with Gasteiger partial charge in [0.05, 0.1) is 16.4 Å². The van der Waals surface area contributed by atoms with Gasteiger partial charge in [-0.2, -0.15) is 5.10 Å². The molecule has 102 valence electrons. The minimum absolute atomic E-state index is 0.781. The van der Waals surface area contributed by atoms with Crippen molar-refractivity contribution >= 4 is 11.6 Å². The molecular weight excluding hydrogens is 248 g/mol. The number of aromatic nitrogens is 2. The van der Waals surface area contributed by atoms with Crippen molar-refractivity contribution in [2.45, 2.75) is 26.8 Å². The Hall–Kier alpha value is -0.580. The summed E-state index contributed by atoms with van der Waals surface area (Å²) in [5.41, 5.74) is 1.92. The molecule has 18 heavy (non-hydrogen) atoms. The molecule has 1 aliphatic heterocycles. The van der Waals surface area contributed by atoms with Gasteiger partial charge in [-0.1, -0.05) is 18.5 Å². The van der Waals surface area contributed by atoms with E-state index >= 15 is 0 Å². The molecule has 4 nitrogen and oxygen atoms in total. The van der Waals surface area contributed by atoms with Gasteiger partial charge in [-0.05, 0) is 39.4 Å². The van der Waals surface area contributed by atoms with E-state index in [0.29, 0.717) is 0 Å². The average molecular weight is 271 g/mol. The second-order valence-corrected chi connectivity index (χ2v) is 5.73. The molecule has 2 heterocycles. The molecule has 2 rings (SSSR count). The predicted molar refractivity (Wildman–Crippen MR) is 74.9 cm³/mol. The first kappa shape index (κ1) is 13.8. The molecule has 0 saturated carbocycles. The zero-order valence-corrected chi connectivity index (χ0v) is 12.3. The van der Waals surface area contributed by atoms with Gasteiger partial charge in [0.15, 0.2) is 0 Å². The van der Waals surface area contributed by atoms with E-state index in [0.717, 1.165) is 35.4 Å². The first-order valence-electron chi connectivity index (χ1n) is 6.70. The highest BCUT2D eigenvalue weighted by atomic mass is 35.5. The second kappa shape index (κ2) is 6.04. The molecule has 1 aliphatic rings. The summed E-state index contributed by atoms with van der Waals surface area (Å²) in [4.78, 5) is 4.84. The van der Waals surface area contributed by atoms with E-state index in [1.807, 2.05) is 6.92 Å². The van der Waals surface area contributed by atoms with Crippen LogP contribution in [-0.2, 0) is 6.54 Å². The molecule has 1 fully saturated rings. The predicted octanol–water partition coefficient (Wildman–Crippen LogP) is 2.15. The van der Waals surface area contributed by atoms with E-state index in [2.05, 4.69) is 34.0 Å². The molecule has 1 aromatic rings. The van der Waals surface area contributed by atoms with Gasteiger partial charge in [0.2, 0.25) is 0 Å². The molecule has 0 bridgehead atoms. The fraction of sp³-hybridized carbons (Fsp3) is 0.769. The van der Waals surface area contributed by atoms with Crippen LogP contribution < -0.4 is 0 Å². The van der Waals surface area contributed by atoms with Crippen molar-refractivity contribution in [1.29, 1.82) is 0 Å². The number of H-pyrrole nitrogens is 1. The van der Waals surface area contributed by atoms with Crippen molar-refractivity contribution in [2.24, 2.45) is 5.92 Å². The maximum Gasteiger partial charge on any atom is 0.0951 e. The maximum absolute atomic E-state index is 6.19. The van der Waals surface area contributed by atoms with Crippen LogP contribution in [0, 0.1) is 12.8 Å². The molecule has 5 heteroatoms. The zero-order chi connectivity index (χ0) is 13.1. The van der Waals surface area contributed by atoms with Crippen molar-refractivity contribution in [3.8, 4) is 0 Å². The molecule has 0 spiro atoms. The molecule has 0 aromatic carbocycles. The number of hydrogen-bond acceptors (Lipinski definition) is 3. The molecule has 1 atom stereocenters. The summed E-state index contributed by atoms with van der Waals surface area (Å²) >= 11 is 6.19. The van der Waals surface area contributed by atoms with E-state index in [9.17, 15) is 0 Å². The van der Waals surface area contributed by atoms with E-state index in [1.54, 1.807) is 0 Å². The Morgan fingerprint density at radius 1 is 1.56 bits per heavy atom. The zero-order valence-electron chi connectivity index (χ0n) is 11.5. The number of likely N-dealkylation sites (tertiary alicyclic amines) is 1. The van der Waals surface area contributed by atoms with Crippen LogP contribution in [0.1, 0.15) is 24.7 Å². The lowest BCUT2D eigenvalue weighted by atomic mass is 10.1. The Kier molecular flexibility index (Phi) is 4.65. The van der Waals surface area contributed by atoms with E-state index in [4.69, 9.17) is 11.6 Å². The number of aryl methyl sites for hydroxylation is 1. The molecule has 1 aromatic heterocycles. The third kappa shape index (κ3) is 3.25. The molecule has 1 saturated heterocycles. The minimum Gasteiger partial charge on any atom is -0.303 e. The summed E-state index contributed by atoms with van der Waals surface area (Å²) < 4.78 is 0. The van der Waals surface area contributed by atoms with Gasteiger partial charge in [-0.15, -0.1) is 0 Å². The minimum atomic E-state index is 0.781. The lowest BCUT2D eigenvalue weighted by Crippen LogP contribution is -2.28. The Morgan fingerprint density at radius 2 is 2.33 bits per heavy atom. The van der Waals surface area contributed by atoms with Gasteiger partial charge >= 0.3 is 0 Å². The molecular formula is C13H23ClN4. The Labute approximate surface area is 114 Å². The largest absolute Gasteiger partial charge is 0.303 e. The lowest BCUT2D eigenvalue weighted by molar-refractivity contribution is 0.258. The normalized spacial score (nSPS) is 21.1. The summed E-state index contributed by atoms with van der Waals surface area (Å²) in [6, 6.07) is 0. The summed E-state index contributed by atoms with van der Waals surface area (Å²) in [5.74, 6) is 0.786. The topological polar surface area (TPSA) is 35.2 Å². The van der Waals surface area contributed by atoms with E-state index < -0.39 is 0 Å². The molecule has 1 unspecified atom stereocenters. The summed E-state index contributed by atoms with van der Waals surface area (Å²) in [6.45, 7) is 9.79. The summed E-state index contributed by atoms with van der Waals surface area (Å²) in [6.07, 6.45) is 1.31. The highest BCUT2D eigenvalue weighted by molar-refractivity contribution is 6.31. The van der Waals surface area contributed by atoms with Gasteiger partial charge in [0.25, 0.3) is 0 Å². The van der Waals surface area contributed by atoms with Crippen molar-refractivity contribution in [1.82, 2.24) is 20.0 Å². The number of aromatic amines is 1. The van der Waals surface area contributed by atoms with Gasteiger partial charge in [0, 0.05) is 19.6 Å². The fourth-order valence-corrected chi connectivity index (χ4v) is 2.83. The Morgan fingerprint density at radius 3 is 2.89 bits per heavy atom. The Bertz CT molecular complexity index is 390. The lowest BCUT2D eigenvalue weighted by Gasteiger charge is -2.20. The second-order valence-electron chi connectivity index (χ2n) is 5.35. The highest BCUT2D eigenvalue weighted by Gasteiger charge is 2.22. The van der Waals surface area contributed by atoms with Crippen LogP contribution in [0.5, 0.6) is 0 Å². The SMILES string of the molecule is CCN1CCC(CN(C)Cc2n[nH]c(C)c2Cl)C1. The van der Waals surface area contributed by atoms with Gasteiger partial charge in [-0.25, -0.2) is 0 Å². The van der Waals surface area contributed by atoms with E-state index in [-0.39, 0.29) is 0 Å². The first-order chi connectivity index (χ1) is 8.60. The number of nitrogens with one attached hydrogen (secondary N) is 1. The van der Waals surface area contributed by atoms with Crippen LogP contribution in [0.4, 0.5) is 0 Å². The monoisotopic (exact) mass is 270 g/mol. The molecule has 1 N–H and O–H groups in total. The molecule has 0 aliphatic carbocycles. The van der Waals surface area contributed by atoms with E-state index in [1.165, 1.54) is 26.1 Å². The number of hydrogen-bond donors (Lipinski definition) is 1. The quantitative estimate of drug-likeness (QED) is 0.890. The van der Waals surface area contributed by atoms with Crippen LogP contribution in [-0.4, -0.2) is 53.2 Å². The smallest absolute Gasteiger partial charge is 0.0951 e. The summed E-state index contributed by atoms with van der Waals surface area (Å²) in [5, 5.41) is 7.97. The molecule has 0 radical (unpaired) electrons. The van der Waals surface area contributed by atoms with Gasteiger partial charge < -0.3 is 9.80 Å². The number of nitrogens with zero attached hydrogens (tertiary/aromatic N) is 3. The van der Waals surface area contributed by atoms with Crippen LogP contribution >= 0.6 is 11.6 Å². The third-order valence-electron chi connectivity index (χ3n) is 3.75. The van der Waals surface area contributed by atoms with Crippen molar-refractivity contribution in [2.75, 3.05) is 33.2 Å². The standard InChI is InChI=1S/C13H23ClN4/c1-4-18-6-5-11(8-18)7-17(3)9-12-13(14)10(2)15-16-12/h11H,4-9H2,1-3H3,(H,15,16).